The molecular formula is C18H31NO. The van der Waals surface area contributed by atoms with Crippen molar-refractivity contribution in [3.63, 3.8) is 0 Å². The number of hydrogen-bond acceptors (Lipinski definition) is 2. The lowest BCUT2D eigenvalue weighted by Gasteiger charge is -2.16. The molecular weight excluding hydrogens is 246 g/mol. The molecule has 0 fully saturated rings. The molecule has 0 saturated heterocycles. The van der Waals surface area contributed by atoms with Gasteiger partial charge in [0.05, 0.1) is 6.61 Å². The van der Waals surface area contributed by atoms with E-state index in [1.54, 1.807) is 0 Å². The van der Waals surface area contributed by atoms with Gasteiger partial charge in [-0.2, -0.15) is 0 Å². The minimum absolute atomic E-state index is 0.256. The van der Waals surface area contributed by atoms with Gasteiger partial charge in [-0.3, -0.25) is 0 Å². The molecule has 114 valence electrons. The zero-order valence-corrected chi connectivity index (χ0v) is 13.8. The minimum Gasteiger partial charge on any atom is -0.493 e. The molecule has 0 radical (unpaired) electrons. The first kappa shape index (κ1) is 17.0. The van der Waals surface area contributed by atoms with Gasteiger partial charge in [0.15, 0.2) is 0 Å². The van der Waals surface area contributed by atoms with Crippen molar-refractivity contribution in [2.45, 2.75) is 66.3 Å². The highest BCUT2D eigenvalue weighted by Gasteiger charge is 2.09. The topological polar surface area (TPSA) is 35.2 Å². The molecule has 1 rings (SSSR count). The largest absolute Gasteiger partial charge is 0.493 e. The van der Waals surface area contributed by atoms with Crippen LogP contribution in [0.25, 0.3) is 0 Å². The van der Waals surface area contributed by atoms with E-state index in [2.05, 4.69) is 46.8 Å². The quantitative estimate of drug-likeness (QED) is 0.715. The van der Waals surface area contributed by atoms with Gasteiger partial charge in [-0.25, -0.2) is 0 Å². The fourth-order valence-corrected chi connectivity index (χ4v) is 2.50. The first-order valence-corrected chi connectivity index (χ1v) is 7.92. The summed E-state index contributed by atoms with van der Waals surface area (Å²) in [5.41, 5.74) is 9.82. The molecule has 0 saturated carbocycles. The lowest BCUT2D eigenvalue weighted by Crippen LogP contribution is -2.21. The van der Waals surface area contributed by atoms with Crippen molar-refractivity contribution < 1.29 is 4.74 Å². The Hall–Kier alpha value is -1.02. The highest BCUT2D eigenvalue weighted by atomic mass is 16.5. The molecule has 20 heavy (non-hydrogen) atoms. The summed E-state index contributed by atoms with van der Waals surface area (Å²) in [5, 5.41) is 0. The van der Waals surface area contributed by atoms with Crippen LogP contribution in [-0.4, -0.2) is 12.6 Å². The average molecular weight is 277 g/mol. The minimum atomic E-state index is 0.256. The van der Waals surface area contributed by atoms with Crippen LogP contribution in [0.2, 0.25) is 0 Å². The molecule has 0 bridgehead atoms. The third kappa shape index (κ3) is 5.54. The van der Waals surface area contributed by atoms with E-state index >= 15 is 0 Å². The standard InChI is InChI=1S/C18H31NO/c1-6-17(19)12-16-10-14(4)18(15(5)11-16)20-9-7-8-13(2)3/h10-11,13,17H,6-9,12,19H2,1-5H3. The lowest BCUT2D eigenvalue weighted by molar-refractivity contribution is 0.294. The zero-order valence-electron chi connectivity index (χ0n) is 13.8. The van der Waals surface area contributed by atoms with Gasteiger partial charge in [0.1, 0.15) is 5.75 Å². The van der Waals surface area contributed by atoms with Crippen LogP contribution in [0.3, 0.4) is 0 Å². The van der Waals surface area contributed by atoms with Gasteiger partial charge in [-0.1, -0.05) is 32.9 Å². The molecule has 2 heteroatoms. The maximum Gasteiger partial charge on any atom is 0.125 e. The van der Waals surface area contributed by atoms with Crippen LogP contribution in [0, 0.1) is 19.8 Å². The van der Waals surface area contributed by atoms with Crippen LogP contribution in [0.1, 0.15) is 56.7 Å². The van der Waals surface area contributed by atoms with Crippen LogP contribution in [0.15, 0.2) is 12.1 Å². The van der Waals surface area contributed by atoms with Crippen molar-refractivity contribution in [3.05, 3.63) is 28.8 Å². The summed E-state index contributed by atoms with van der Waals surface area (Å²) >= 11 is 0. The molecule has 0 aromatic heterocycles. The molecule has 0 heterocycles. The van der Waals surface area contributed by atoms with E-state index in [1.165, 1.54) is 23.1 Å². The molecule has 1 aromatic carbocycles. The number of aryl methyl sites for hydroxylation is 2. The first-order chi connectivity index (χ1) is 9.43. The van der Waals surface area contributed by atoms with Gasteiger partial charge in [0.25, 0.3) is 0 Å². The summed E-state index contributed by atoms with van der Waals surface area (Å²) in [6, 6.07) is 4.70. The molecule has 1 unspecified atom stereocenters. The van der Waals surface area contributed by atoms with Crippen LogP contribution >= 0.6 is 0 Å². The Balaban J connectivity index is 2.64. The van der Waals surface area contributed by atoms with Crippen molar-refractivity contribution >= 4 is 0 Å². The molecule has 2 N–H and O–H groups in total. The van der Waals surface area contributed by atoms with E-state index in [0.717, 1.165) is 37.5 Å². The van der Waals surface area contributed by atoms with Crippen LogP contribution in [-0.2, 0) is 6.42 Å². The number of hydrogen-bond donors (Lipinski definition) is 1. The van der Waals surface area contributed by atoms with Crippen molar-refractivity contribution in [1.29, 1.82) is 0 Å². The van der Waals surface area contributed by atoms with Crippen molar-refractivity contribution in [1.82, 2.24) is 0 Å². The third-order valence-corrected chi connectivity index (χ3v) is 3.71. The first-order valence-electron chi connectivity index (χ1n) is 7.92. The van der Waals surface area contributed by atoms with E-state index in [0.29, 0.717) is 0 Å². The molecule has 0 aliphatic carbocycles. The highest BCUT2D eigenvalue weighted by molar-refractivity contribution is 5.43. The molecule has 2 nitrogen and oxygen atoms in total. The Morgan fingerprint density at radius 2 is 1.75 bits per heavy atom. The van der Waals surface area contributed by atoms with E-state index in [1.807, 2.05) is 0 Å². The molecule has 1 aromatic rings. The second-order valence-electron chi connectivity index (χ2n) is 6.32. The fourth-order valence-electron chi connectivity index (χ4n) is 2.50. The predicted octanol–water partition coefficient (Wildman–Crippen LogP) is 4.40. The van der Waals surface area contributed by atoms with E-state index in [4.69, 9.17) is 10.5 Å². The Morgan fingerprint density at radius 1 is 1.15 bits per heavy atom. The smallest absolute Gasteiger partial charge is 0.125 e. The summed E-state index contributed by atoms with van der Waals surface area (Å²) in [6.45, 7) is 11.7. The van der Waals surface area contributed by atoms with Crippen molar-refractivity contribution in [2.24, 2.45) is 11.7 Å². The second-order valence-corrected chi connectivity index (χ2v) is 6.32. The summed E-state index contributed by atoms with van der Waals surface area (Å²) < 4.78 is 5.97. The molecule has 0 amide bonds. The van der Waals surface area contributed by atoms with Gasteiger partial charge in [-0.15, -0.1) is 0 Å². The van der Waals surface area contributed by atoms with Crippen molar-refractivity contribution in [2.75, 3.05) is 6.61 Å². The summed E-state index contributed by atoms with van der Waals surface area (Å²) in [4.78, 5) is 0. The highest BCUT2D eigenvalue weighted by Crippen LogP contribution is 2.26. The van der Waals surface area contributed by atoms with Crippen LogP contribution in [0.4, 0.5) is 0 Å². The average Bonchev–Trinajstić information content (AvgIpc) is 2.36. The van der Waals surface area contributed by atoms with Gasteiger partial charge >= 0.3 is 0 Å². The molecule has 1 atom stereocenters. The number of benzene rings is 1. The van der Waals surface area contributed by atoms with E-state index in [-0.39, 0.29) is 6.04 Å². The summed E-state index contributed by atoms with van der Waals surface area (Å²) in [5.74, 6) is 1.81. The fraction of sp³-hybridized carbons (Fsp3) is 0.667. The van der Waals surface area contributed by atoms with Gasteiger partial charge < -0.3 is 10.5 Å². The molecule has 0 spiro atoms. The van der Waals surface area contributed by atoms with E-state index in [9.17, 15) is 0 Å². The Morgan fingerprint density at radius 3 is 2.25 bits per heavy atom. The Labute approximate surface area is 124 Å². The predicted molar refractivity (Wildman–Crippen MR) is 87.5 cm³/mol. The van der Waals surface area contributed by atoms with Crippen molar-refractivity contribution in [3.8, 4) is 5.75 Å². The lowest BCUT2D eigenvalue weighted by atomic mass is 9.99. The van der Waals surface area contributed by atoms with E-state index < -0.39 is 0 Å². The summed E-state index contributed by atoms with van der Waals surface area (Å²) in [6.07, 6.45) is 4.32. The number of rotatable bonds is 8. The normalized spacial score (nSPS) is 12.8. The maximum absolute atomic E-state index is 6.04. The van der Waals surface area contributed by atoms with Gasteiger partial charge in [0, 0.05) is 6.04 Å². The Kier molecular flexibility index (Phi) is 7.08. The molecule has 0 aliphatic heterocycles. The zero-order chi connectivity index (χ0) is 15.1. The van der Waals surface area contributed by atoms with Gasteiger partial charge in [-0.05, 0) is 62.1 Å². The van der Waals surface area contributed by atoms with Gasteiger partial charge in [0.2, 0.25) is 0 Å². The number of nitrogens with two attached hydrogens (primary N) is 1. The number of ether oxygens (including phenoxy) is 1. The Bertz CT molecular complexity index is 389. The molecule has 0 aliphatic rings. The SMILES string of the molecule is CCC(N)Cc1cc(C)c(OCCCC(C)C)c(C)c1. The summed E-state index contributed by atoms with van der Waals surface area (Å²) in [7, 11) is 0. The second kappa shape index (κ2) is 8.31. The van der Waals surface area contributed by atoms with Crippen LogP contribution < -0.4 is 10.5 Å². The monoisotopic (exact) mass is 277 g/mol. The third-order valence-electron chi connectivity index (χ3n) is 3.71. The maximum atomic E-state index is 6.04. The van der Waals surface area contributed by atoms with Crippen LogP contribution in [0.5, 0.6) is 5.75 Å².